The predicted octanol–water partition coefficient (Wildman–Crippen LogP) is 5.97. The molecule has 0 spiro atoms. The van der Waals surface area contributed by atoms with Gasteiger partial charge in [-0.1, -0.05) is 48.5 Å². The number of carbonyl (C=O) groups is 2. The Morgan fingerprint density at radius 1 is 1.00 bits per heavy atom. The van der Waals surface area contributed by atoms with Gasteiger partial charge < -0.3 is 15.6 Å². The van der Waals surface area contributed by atoms with Crippen LogP contribution in [0.4, 0.5) is 0 Å². The summed E-state index contributed by atoms with van der Waals surface area (Å²) >= 11 is 0. The Labute approximate surface area is 224 Å². The van der Waals surface area contributed by atoms with Crippen LogP contribution in [0.25, 0.3) is 0 Å². The van der Waals surface area contributed by atoms with E-state index < -0.39 is 11.0 Å². The second-order valence-electron chi connectivity index (χ2n) is 15.3. The molecule has 5 aliphatic rings. The highest BCUT2D eigenvalue weighted by atomic mass is 16.5. The Morgan fingerprint density at radius 3 is 2.24 bits per heavy atom. The third-order valence-corrected chi connectivity index (χ3v) is 13.4. The van der Waals surface area contributed by atoms with Crippen LogP contribution in [0, 0.1) is 44.8 Å². The average molecular weight is 514 g/mol. The van der Waals surface area contributed by atoms with Crippen molar-refractivity contribution in [1.82, 2.24) is 0 Å². The second kappa shape index (κ2) is 8.16. The first-order valence-electron chi connectivity index (χ1n) is 14.9. The molecule has 37 heavy (non-hydrogen) atoms. The average Bonchev–Trinajstić information content (AvgIpc) is 3.11. The number of rotatable bonds is 3. The standard InChI is InChI=1S/C32H51NO4/c1-19(2)25-21(36)17-31(18-34)16-15-30(8)29(7)13-9-22-27(4,5)24(37-20(3)35)11-12-28(22,6)23(29)10-14-32(30,33)26(25)31/h19,22-24,34H,9-18,33H2,1-8H3/t22-,23+,24-,28-,29+,30-,31-,32-/m0/s1. The van der Waals surface area contributed by atoms with Crippen molar-refractivity contribution in [3.05, 3.63) is 11.1 Å². The van der Waals surface area contributed by atoms with E-state index in [1.807, 2.05) is 0 Å². The minimum atomic E-state index is -0.571. The Morgan fingerprint density at radius 2 is 1.65 bits per heavy atom. The zero-order chi connectivity index (χ0) is 27.4. The van der Waals surface area contributed by atoms with Gasteiger partial charge in [0.05, 0.1) is 6.61 Å². The van der Waals surface area contributed by atoms with Gasteiger partial charge in [0.2, 0.25) is 0 Å². The Balaban J connectivity index is 1.60. The summed E-state index contributed by atoms with van der Waals surface area (Å²) in [6, 6.07) is 0. The quantitative estimate of drug-likeness (QED) is 0.454. The molecule has 5 aliphatic carbocycles. The van der Waals surface area contributed by atoms with Crippen molar-refractivity contribution in [3.8, 4) is 0 Å². The normalized spacial score (nSPS) is 48.7. The molecule has 5 nitrogen and oxygen atoms in total. The molecule has 0 aromatic rings. The maximum absolute atomic E-state index is 13.4. The number of aliphatic hydroxyl groups is 1. The molecule has 3 N–H and O–H groups in total. The van der Waals surface area contributed by atoms with E-state index >= 15 is 0 Å². The Hall–Kier alpha value is -1.20. The molecule has 0 aromatic carbocycles. The zero-order valence-corrected chi connectivity index (χ0v) is 24.6. The van der Waals surface area contributed by atoms with E-state index in [1.165, 1.54) is 6.92 Å². The molecular formula is C32H51NO4. The van der Waals surface area contributed by atoms with Gasteiger partial charge in [0.25, 0.3) is 0 Å². The van der Waals surface area contributed by atoms with Crippen molar-refractivity contribution in [2.45, 2.75) is 125 Å². The van der Waals surface area contributed by atoms with Gasteiger partial charge in [-0.2, -0.15) is 0 Å². The highest BCUT2D eigenvalue weighted by Crippen LogP contribution is 2.77. The maximum Gasteiger partial charge on any atom is 0.302 e. The maximum atomic E-state index is 13.4. The van der Waals surface area contributed by atoms with E-state index in [0.717, 1.165) is 62.5 Å². The van der Waals surface area contributed by atoms with Crippen LogP contribution >= 0.6 is 0 Å². The summed E-state index contributed by atoms with van der Waals surface area (Å²) in [7, 11) is 0. The van der Waals surface area contributed by atoms with Gasteiger partial charge >= 0.3 is 5.97 Å². The number of carbonyl (C=O) groups excluding carboxylic acids is 2. The Bertz CT molecular complexity index is 1050. The van der Waals surface area contributed by atoms with E-state index in [-0.39, 0.29) is 52.0 Å². The minimum absolute atomic E-state index is 0.0188. The molecule has 0 bridgehead atoms. The van der Waals surface area contributed by atoms with Crippen molar-refractivity contribution in [3.63, 3.8) is 0 Å². The van der Waals surface area contributed by atoms with Gasteiger partial charge in [-0.3, -0.25) is 9.59 Å². The smallest absolute Gasteiger partial charge is 0.302 e. The van der Waals surface area contributed by atoms with Gasteiger partial charge in [0, 0.05) is 29.7 Å². The van der Waals surface area contributed by atoms with Crippen LogP contribution < -0.4 is 5.73 Å². The summed E-state index contributed by atoms with van der Waals surface area (Å²) in [5, 5.41) is 10.7. The highest BCUT2D eigenvalue weighted by molar-refractivity contribution is 6.01. The van der Waals surface area contributed by atoms with Gasteiger partial charge in [0.1, 0.15) is 6.10 Å². The topological polar surface area (TPSA) is 89.6 Å². The lowest BCUT2D eigenvalue weighted by atomic mass is 9.31. The number of Topliss-reactive ketones (excluding diaryl/α,β-unsaturated/α-hetero) is 1. The summed E-state index contributed by atoms with van der Waals surface area (Å²) in [5.74, 6) is 1.18. The largest absolute Gasteiger partial charge is 0.462 e. The van der Waals surface area contributed by atoms with E-state index in [9.17, 15) is 14.7 Å². The van der Waals surface area contributed by atoms with Crippen molar-refractivity contribution in [2.75, 3.05) is 6.61 Å². The van der Waals surface area contributed by atoms with Crippen molar-refractivity contribution in [1.29, 1.82) is 0 Å². The first kappa shape index (κ1) is 27.4. The number of hydrogen-bond donors (Lipinski definition) is 2. The number of allylic oxidation sites excluding steroid dienone is 1. The lowest BCUT2D eigenvalue weighted by Crippen LogP contribution is -2.74. The zero-order valence-electron chi connectivity index (χ0n) is 24.6. The van der Waals surface area contributed by atoms with Gasteiger partial charge in [-0.15, -0.1) is 0 Å². The molecule has 4 fully saturated rings. The molecular weight excluding hydrogens is 462 g/mol. The molecule has 0 aliphatic heterocycles. The molecule has 0 radical (unpaired) electrons. The van der Waals surface area contributed by atoms with Gasteiger partial charge in [-0.05, 0) is 96.5 Å². The molecule has 0 aromatic heterocycles. The lowest BCUT2D eigenvalue weighted by molar-refractivity contribution is -0.237. The van der Waals surface area contributed by atoms with Crippen molar-refractivity contribution >= 4 is 11.8 Å². The molecule has 0 unspecified atom stereocenters. The van der Waals surface area contributed by atoms with E-state index in [2.05, 4.69) is 48.5 Å². The third-order valence-electron chi connectivity index (χ3n) is 13.4. The fourth-order valence-electron chi connectivity index (χ4n) is 11.5. The SMILES string of the molecule is CC(=O)O[C@H]1CC[C@]2(C)[C@H]3CC[C@]4(N)C5=C(C(C)C)C(=O)C[C@]5(CO)CC[C@@]4(C)[C@]3(C)CC[C@H]2C1(C)C. The number of hydrogen-bond acceptors (Lipinski definition) is 5. The number of nitrogens with two attached hydrogens (primary N) is 1. The Kier molecular flexibility index (Phi) is 6.04. The molecule has 208 valence electrons. The molecule has 8 atom stereocenters. The highest BCUT2D eigenvalue weighted by Gasteiger charge is 2.73. The molecule has 5 heteroatoms. The van der Waals surface area contributed by atoms with Crippen LogP contribution in [-0.2, 0) is 14.3 Å². The van der Waals surface area contributed by atoms with Crippen LogP contribution in [0.5, 0.6) is 0 Å². The second-order valence-corrected chi connectivity index (χ2v) is 15.3. The van der Waals surface area contributed by atoms with E-state index in [1.54, 1.807) is 0 Å². The van der Waals surface area contributed by atoms with Crippen LogP contribution in [0.3, 0.4) is 0 Å². The van der Waals surface area contributed by atoms with Gasteiger partial charge in [0.15, 0.2) is 5.78 Å². The minimum Gasteiger partial charge on any atom is -0.462 e. The molecule has 4 saturated carbocycles. The van der Waals surface area contributed by atoms with E-state index in [0.29, 0.717) is 18.3 Å². The number of fused-ring (bicyclic) bond motifs is 7. The monoisotopic (exact) mass is 513 g/mol. The number of aliphatic hydroxyl groups excluding tert-OH is 1. The summed E-state index contributed by atoms with van der Waals surface area (Å²) < 4.78 is 5.88. The van der Waals surface area contributed by atoms with Crippen LogP contribution in [0.15, 0.2) is 11.1 Å². The summed E-state index contributed by atoms with van der Waals surface area (Å²) in [6.45, 7) is 17.9. The summed E-state index contributed by atoms with van der Waals surface area (Å²) in [4.78, 5) is 25.3. The fraction of sp³-hybridized carbons (Fsp3) is 0.875. The molecule has 0 saturated heterocycles. The number of ether oxygens (including phenoxy) is 1. The predicted molar refractivity (Wildman–Crippen MR) is 145 cm³/mol. The first-order chi connectivity index (χ1) is 17.0. The third kappa shape index (κ3) is 3.22. The van der Waals surface area contributed by atoms with Crippen molar-refractivity contribution < 1.29 is 19.4 Å². The lowest BCUT2D eigenvalue weighted by Gasteiger charge is -2.74. The van der Waals surface area contributed by atoms with Crippen LogP contribution in [0.1, 0.15) is 113 Å². The summed E-state index contributed by atoms with van der Waals surface area (Å²) in [5.41, 5.74) is 8.68. The van der Waals surface area contributed by atoms with Gasteiger partial charge in [-0.25, -0.2) is 0 Å². The molecule has 0 heterocycles. The van der Waals surface area contributed by atoms with E-state index in [4.69, 9.17) is 10.5 Å². The number of ketones is 1. The van der Waals surface area contributed by atoms with Crippen LogP contribution in [-0.4, -0.2) is 35.1 Å². The fourth-order valence-corrected chi connectivity index (χ4v) is 11.5. The number of esters is 1. The molecule has 5 rings (SSSR count). The van der Waals surface area contributed by atoms with Crippen molar-refractivity contribution in [2.24, 2.45) is 50.6 Å². The first-order valence-corrected chi connectivity index (χ1v) is 14.9. The molecule has 0 amide bonds. The van der Waals surface area contributed by atoms with Crippen LogP contribution in [0.2, 0.25) is 0 Å². The summed E-state index contributed by atoms with van der Waals surface area (Å²) in [6.07, 6.45) is 8.34.